The minimum atomic E-state index is -0.875. The van der Waals surface area contributed by atoms with Crippen LogP contribution in [0.3, 0.4) is 0 Å². The van der Waals surface area contributed by atoms with Gasteiger partial charge in [0.2, 0.25) is 0 Å². The summed E-state index contributed by atoms with van der Waals surface area (Å²) in [5, 5.41) is 19.2. The van der Waals surface area contributed by atoms with Crippen LogP contribution in [0.25, 0.3) is 5.69 Å². The number of hydrogen-bond donors (Lipinski definition) is 1. The van der Waals surface area contributed by atoms with Crippen molar-refractivity contribution in [3.8, 4) is 5.69 Å². The van der Waals surface area contributed by atoms with Crippen molar-refractivity contribution in [1.82, 2.24) is 14.8 Å². The molecule has 3 aromatic rings. The molecule has 6 nitrogen and oxygen atoms in total. The van der Waals surface area contributed by atoms with Gasteiger partial charge < -0.3 is 5.11 Å². The molecule has 2 aromatic carbocycles. The van der Waals surface area contributed by atoms with Crippen molar-refractivity contribution >= 4 is 51.0 Å². The second-order valence-electron chi connectivity index (χ2n) is 6.45. The van der Waals surface area contributed by atoms with Crippen molar-refractivity contribution in [2.24, 2.45) is 4.99 Å². The highest BCUT2D eigenvalue weighted by atomic mass is 79.9. The lowest BCUT2D eigenvalue weighted by Gasteiger charge is -2.14. The Kier molecular flexibility index (Phi) is 5.76. The van der Waals surface area contributed by atoms with Gasteiger partial charge in [-0.3, -0.25) is 14.4 Å². The van der Waals surface area contributed by atoms with Crippen molar-refractivity contribution < 1.29 is 9.90 Å². The third-order valence-electron chi connectivity index (χ3n) is 4.64. The van der Waals surface area contributed by atoms with Gasteiger partial charge in [0.1, 0.15) is 6.04 Å². The van der Waals surface area contributed by atoms with Crippen molar-refractivity contribution in [3.05, 3.63) is 68.9 Å². The van der Waals surface area contributed by atoms with Gasteiger partial charge in [-0.1, -0.05) is 57.5 Å². The van der Waals surface area contributed by atoms with Crippen LogP contribution in [0.1, 0.15) is 35.8 Å². The number of fused-ring (bicyclic) bond motifs is 3. The Labute approximate surface area is 185 Å². The second kappa shape index (κ2) is 8.30. The molecule has 0 fully saturated rings. The van der Waals surface area contributed by atoms with E-state index in [0.717, 1.165) is 26.4 Å². The molecule has 0 unspecified atom stereocenters. The molecule has 0 amide bonds. The number of halogens is 2. The summed E-state index contributed by atoms with van der Waals surface area (Å²) >= 11 is 11.5. The fourth-order valence-electron chi connectivity index (χ4n) is 3.35. The lowest BCUT2D eigenvalue weighted by molar-refractivity contribution is -0.137. The van der Waals surface area contributed by atoms with Gasteiger partial charge in [0.25, 0.3) is 0 Å². The quantitative estimate of drug-likeness (QED) is 0.499. The molecule has 0 saturated carbocycles. The number of rotatable bonds is 5. The van der Waals surface area contributed by atoms with E-state index in [0.29, 0.717) is 23.0 Å². The van der Waals surface area contributed by atoms with E-state index in [1.165, 1.54) is 11.8 Å². The lowest BCUT2D eigenvalue weighted by Crippen LogP contribution is -2.08. The first-order valence-electron chi connectivity index (χ1n) is 8.83. The molecule has 2 heterocycles. The fourth-order valence-corrected chi connectivity index (χ4v) is 4.44. The number of thioether (sulfide) groups is 1. The highest BCUT2D eigenvalue weighted by Crippen LogP contribution is 2.37. The molecule has 4 rings (SSSR count). The van der Waals surface area contributed by atoms with E-state index in [2.05, 4.69) is 26.1 Å². The average Bonchev–Trinajstić information content (AvgIpc) is 3.07. The minimum Gasteiger partial charge on any atom is -0.481 e. The number of carboxylic acids is 1. The number of benzene rings is 2. The molecular formula is C20H16BrClN4O2S. The number of hydrogen-bond acceptors (Lipinski definition) is 5. The van der Waals surface area contributed by atoms with Crippen LogP contribution < -0.4 is 0 Å². The molecule has 1 aliphatic rings. The minimum absolute atomic E-state index is 0.0224. The van der Waals surface area contributed by atoms with Gasteiger partial charge in [-0.25, -0.2) is 0 Å². The first-order valence-corrected chi connectivity index (χ1v) is 11.2. The third-order valence-corrected chi connectivity index (χ3v) is 6.09. The molecule has 1 aliphatic heterocycles. The van der Waals surface area contributed by atoms with E-state index in [1.54, 1.807) is 0 Å². The highest BCUT2D eigenvalue weighted by molar-refractivity contribution is 9.10. The van der Waals surface area contributed by atoms with E-state index in [9.17, 15) is 9.90 Å². The molecule has 1 N–H and O–H groups in total. The van der Waals surface area contributed by atoms with Gasteiger partial charge in [0.15, 0.2) is 11.0 Å². The molecule has 0 radical (unpaired) electrons. The molecule has 0 aliphatic carbocycles. The second-order valence-corrected chi connectivity index (χ2v) is 8.54. The topological polar surface area (TPSA) is 80.4 Å². The van der Waals surface area contributed by atoms with Crippen molar-refractivity contribution in [2.45, 2.75) is 24.0 Å². The number of carboxylic acid groups (broad SMARTS) is 1. The van der Waals surface area contributed by atoms with E-state index in [4.69, 9.17) is 16.6 Å². The van der Waals surface area contributed by atoms with Crippen LogP contribution in [-0.2, 0) is 4.79 Å². The van der Waals surface area contributed by atoms with Crippen molar-refractivity contribution in [3.63, 3.8) is 0 Å². The van der Waals surface area contributed by atoms with Crippen LogP contribution in [0.15, 0.2) is 57.1 Å². The zero-order valence-corrected chi connectivity index (χ0v) is 18.5. The van der Waals surface area contributed by atoms with Crippen LogP contribution >= 0.6 is 39.3 Å². The highest BCUT2D eigenvalue weighted by Gasteiger charge is 2.30. The number of aliphatic imine (C=N–C) groups is 1. The normalized spacial score (nSPS) is 15.3. The molecule has 0 spiro atoms. The maximum atomic E-state index is 11.2. The summed E-state index contributed by atoms with van der Waals surface area (Å²) in [4.78, 5) is 16.2. The van der Waals surface area contributed by atoms with E-state index >= 15 is 0 Å². The Balaban J connectivity index is 2.01. The van der Waals surface area contributed by atoms with Crippen molar-refractivity contribution in [1.29, 1.82) is 0 Å². The standard InChI is InChI=1S/C20H16BrClN4O2S/c1-29-20-25-24-19-15(7-9-17(27)28)23-18(12-4-2-3-5-14(12)22)13-10-11(21)6-8-16(13)26(19)20/h2-6,8,10,15H,7,9H2,1H3,(H,27,28)/t15-/m0/s1. The van der Waals surface area contributed by atoms with Gasteiger partial charge >= 0.3 is 5.97 Å². The van der Waals surface area contributed by atoms with Gasteiger partial charge in [0.05, 0.1) is 11.4 Å². The van der Waals surface area contributed by atoms with Crippen molar-refractivity contribution in [2.75, 3.05) is 6.26 Å². The number of carbonyl (C=O) groups is 1. The summed E-state index contributed by atoms with van der Waals surface area (Å²) in [6, 6.07) is 13.0. The Hall–Kier alpha value is -2.16. The predicted molar refractivity (Wildman–Crippen MR) is 118 cm³/mol. The van der Waals surface area contributed by atoms with Crippen LogP contribution in [0, 0.1) is 0 Å². The lowest BCUT2D eigenvalue weighted by atomic mass is 10.00. The van der Waals surface area contributed by atoms with Gasteiger partial charge in [0, 0.05) is 27.0 Å². The Morgan fingerprint density at radius 3 is 2.76 bits per heavy atom. The molecule has 1 aromatic heterocycles. The summed E-state index contributed by atoms with van der Waals surface area (Å²) in [5.41, 5.74) is 3.26. The fraction of sp³-hybridized carbons (Fsp3) is 0.200. The number of aliphatic carboxylic acids is 1. The molecule has 9 heteroatoms. The molecule has 0 saturated heterocycles. The Bertz CT molecular complexity index is 1130. The first-order chi connectivity index (χ1) is 14.0. The molecule has 0 bridgehead atoms. The average molecular weight is 492 g/mol. The van der Waals surface area contributed by atoms with Gasteiger partial charge in [-0.2, -0.15) is 0 Å². The monoisotopic (exact) mass is 490 g/mol. The summed E-state index contributed by atoms with van der Waals surface area (Å²) < 4.78 is 2.87. The molecule has 1 atom stereocenters. The number of nitrogens with zero attached hydrogens (tertiary/aromatic N) is 4. The maximum Gasteiger partial charge on any atom is 0.303 e. The van der Waals surface area contributed by atoms with Crippen LogP contribution in [0.2, 0.25) is 5.02 Å². The Morgan fingerprint density at radius 1 is 1.24 bits per heavy atom. The van der Waals surface area contributed by atoms with Gasteiger partial charge in [-0.05, 0) is 36.9 Å². The molecular weight excluding hydrogens is 476 g/mol. The van der Waals surface area contributed by atoms with Crippen LogP contribution in [-0.4, -0.2) is 37.8 Å². The van der Waals surface area contributed by atoms with E-state index in [1.807, 2.05) is 53.3 Å². The summed E-state index contributed by atoms with van der Waals surface area (Å²) in [7, 11) is 0. The van der Waals surface area contributed by atoms with Crippen LogP contribution in [0.4, 0.5) is 0 Å². The maximum absolute atomic E-state index is 11.2. The van der Waals surface area contributed by atoms with E-state index < -0.39 is 12.0 Å². The summed E-state index contributed by atoms with van der Waals surface area (Å²) in [6.45, 7) is 0. The zero-order valence-electron chi connectivity index (χ0n) is 15.3. The summed E-state index contributed by atoms with van der Waals surface area (Å²) in [6.07, 6.45) is 2.22. The largest absolute Gasteiger partial charge is 0.481 e. The molecule has 148 valence electrons. The molecule has 29 heavy (non-hydrogen) atoms. The van der Waals surface area contributed by atoms with E-state index in [-0.39, 0.29) is 6.42 Å². The summed E-state index contributed by atoms with van der Waals surface area (Å²) in [5.74, 6) is -0.249. The van der Waals surface area contributed by atoms with Gasteiger partial charge in [-0.15, -0.1) is 10.2 Å². The SMILES string of the molecule is CSc1nnc2n1-c1ccc(Br)cc1C(c1ccccc1Cl)=N[C@H]2CCC(=O)O. The first kappa shape index (κ1) is 20.1. The van der Waals surface area contributed by atoms with Crippen LogP contribution in [0.5, 0.6) is 0 Å². The predicted octanol–water partition coefficient (Wildman–Crippen LogP) is 5.16. The Morgan fingerprint density at radius 2 is 2.03 bits per heavy atom. The number of aromatic nitrogens is 3. The third kappa shape index (κ3) is 3.84. The zero-order chi connectivity index (χ0) is 20.5. The smallest absolute Gasteiger partial charge is 0.303 e.